The van der Waals surface area contributed by atoms with E-state index in [1.165, 1.54) is 4.90 Å². The molecule has 1 unspecified atom stereocenters. The minimum absolute atomic E-state index is 0.0387. The van der Waals surface area contributed by atoms with Gasteiger partial charge in [0.25, 0.3) is 0 Å². The average molecular weight is 353 g/mol. The number of hydrogen-bond acceptors (Lipinski definition) is 5. The minimum Gasteiger partial charge on any atom is -0.480 e. The van der Waals surface area contributed by atoms with Crippen LogP contribution in [0.1, 0.15) is 32.1 Å². The van der Waals surface area contributed by atoms with E-state index >= 15 is 0 Å². The van der Waals surface area contributed by atoms with Gasteiger partial charge in [-0.3, -0.25) is 14.4 Å². The van der Waals surface area contributed by atoms with E-state index in [2.05, 4.69) is 5.32 Å². The Kier molecular flexibility index (Phi) is 5.58. The second kappa shape index (κ2) is 7.70. The molecule has 0 bridgehead atoms. The van der Waals surface area contributed by atoms with E-state index in [1.807, 2.05) is 4.90 Å². The number of carbonyl (C=O) groups is 3. The molecule has 3 aliphatic rings. The molecular formula is C17H27N3O5. The highest BCUT2D eigenvalue weighted by Crippen LogP contribution is 2.40. The minimum atomic E-state index is -0.973. The van der Waals surface area contributed by atoms with Gasteiger partial charge in [0.1, 0.15) is 6.54 Å². The lowest BCUT2D eigenvalue weighted by atomic mass is 9.72. The number of ether oxygens (including phenoxy) is 1. The summed E-state index contributed by atoms with van der Waals surface area (Å²) in [5, 5.41) is 12.2. The summed E-state index contributed by atoms with van der Waals surface area (Å²) in [6.45, 7) is 3.82. The normalized spacial score (nSPS) is 26.7. The van der Waals surface area contributed by atoms with Crippen LogP contribution in [0.4, 0.5) is 0 Å². The van der Waals surface area contributed by atoms with Gasteiger partial charge in [0, 0.05) is 39.1 Å². The number of nitrogens with zero attached hydrogens (tertiary/aromatic N) is 2. The quantitative estimate of drug-likeness (QED) is 0.719. The van der Waals surface area contributed by atoms with Crippen molar-refractivity contribution in [3.05, 3.63) is 0 Å². The highest BCUT2D eigenvalue weighted by Gasteiger charge is 2.42. The van der Waals surface area contributed by atoms with E-state index in [4.69, 9.17) is 9.84 Å². The lowest BCUT2D eigenvalue weighted by molar-refractivity contribution is -0.150. The standard InChI is InChI=1S/C17H27N3O5/c21-14-1-2-17(12-20(14)11-16(23)24)3-6-19(7-4-17)15(22)9-13-10-18-5-8-25-13/h13,18H,1-12H2,(H,23,24). The highest BCUT2D eigenvalue weighted by molar-refractivity contribution is 5.82. The third-order valence-electron chi connectivity index (χ3n) is 5.66. The molecule has 0 aliphatic carbocycles. The molecule has 3 heterocycles. The number of piperidine rings is 2. The van der Waals surface area contributed by atoms with Crippen LogP contribution in [0.25, 0.3) is 0 Å². The zero-order valence-corrected chi connectivity index (χ0v) is 14.5. The van der Waals surface area contributed by atoms with Crippen LogP contribution in [0.15, 0.2) is 0 Å². The molecule has 0 aromatic heterocycles. The van der Waals surface area contributed by atoms with Gasteiger partial charge in [-0.05, 0) is 24.7 Å². The van der Waals surface area contributed by atoms with Gasteiger partial charge in [-0.15, -0.1) is 0 Å². The van der Waals surface area contributed by atoms with Gasteiger partial charge >= 0.3 is 5.97 Å². The summed E-state index contributed by atoms with van der Waals surface area (Å²) in [5.41, 5.74) is -0.0387. The second-order valence-electron chi connectivity index (χ2n) is 7.43. The largest absolute Gasteiger partial charge is 0.480 e. The molecule has 3 aliphatic heterocycles. The topological polar surface area (TPSA) is 99.2 Å². The Morgan fingerprint density at radius 3 is 2.68 bits per heavy atom. The molecule has 0 radical (unpaired) electrons. The molecule has 25 heavy (non-hydrogen) atoms. The van der Waals surface area contributed by atoms with Crippen LogP contribution in [0, 0.1) is 5.41 Å². The van der Waals surface area contributed by atoms with E-state index in [9.17, 15) is 14.4 Å². The lowest BCUT2D eigenvalue weighted by Gasteiger charge is -2.47. The van der Waals surface area contributed by atoms with Crippen molar-refractivity contribution in [2.45, 2.75) is 38.2 Å². The van der Waals surface area contributed by atoms with Gasteiger partial charge in [-0.2, -0.15) is 0 Å². The molecule has 3 saturated heterocycles. The van der Waals surface area contributed by atoms with Crippen molar-refractivity contribution in [2.75, 3.05) is 45.9 Å². The van der Waals surface area contributed by atoms with Crippen LogP contribution in [0.2, 0.25) is 0 Å². The predicted molar refractivity (Wildman–Crippen MR) is 88.9 cm³/mol. The third-order valence-corrected chi connectivity index (χ3v) is 5.66. The van der Waals surface area contributed by atoms with Crippen molar-refractivity contribution >= 4 is 17.8 Å². The Morgan fingerprint density at radius 1 is 1.28 bits per heavy atom. The molecule has 2 N–H and O–H groups in total. The fourth-order valence-corrected chi connectivity index (χ4v) is 4.12. The Morgan fingerprint density at radius 2 is 2.04 bits per heavy atom. The third kappa shape index (κ3) is 4.49. The van der Waals surface area contributed by atoms with Crippen LogP contribution >= 0.6 is 0 Å². The van der Waals surface area contributed by atoms with Crippen molar-refractivity contribution in [3.63, 3.8) is 0 Å². The van der Waals surface area contributed by atoms with Crippen molar-refractivity contribution in [1.82, 2.24) is 15.1 Å². The molecule has 140 valence electrons. The zero-order chi connectivity index (χ0) is 17.9. The van der Waals surface area contributed by atoms with Crippen LogP contribution in [0.3, 0.4) is 0 Å². The van der Waals surface area contributed by atoms with Gasteiger partial charge < -0.3 is 25.0 Å². The van der Waals surface area contributed by atoms with Gasteiger partial charge in [0.15, 0.2) is 0 Å². The SMILES string of the molecule is O=C(O)CN1CC2(CCC1=O)CCN(C(=O)CC1CNCCO1)CC2. The number of carbonyl (C=O) groups excluding carboxylic acids is 2. The molecule has 0 aromatic rings. The van der Waals surface area contributed by atoms with Crippen molar-refractivity contribution in [1.29, 1.82) is 0 Å². The molecular weight excluding hydrogens is 326 g/mol. The first-order valence-corrected chi connectivity index (χ1v) is 9.07. The van der Waals surface area contributed by atoms with Gasteiger partial charge in [0.05, 0.1) is 19.1 Å². The smallest absolute Gasteiger partial charge is 0.323 e. The van der Waals surface area contributed by atoms with E-state index < -0.39 is 5.97 Å². The molecule has 1 atom stereocenters. The molecule has 8 heteroatoms. The maximum Gasteiger partial charge on any atom is 0.323 e. The monoisotopic (exact) mass is 353 g/mol. The number of nitrogens with one attached hydrogen (secondary N) is 1. The summed E-state index contributed by atoms with van der Waals surface area (Å²) >= 11 is 0. The van der Waals surface area contributed by atoms with Crippen LogP contribution in [-0.4, -0.2) is 84.7 Å². The van der Waals surface area contributed by atoms with E-state index in [1.54, 1.807) is 0 Å². The fraction of sp³-hybridized carbons (Fsp3) is 0.824. The predicted octanol–water partition coefficient (Wildman–Crippen LogP) is -0.319. The zero-order valence-electron chi connectivity index (χ0n) is 14.5. The Hall–Kier alpha value is -1.67. The maximum absolute atomic E-state index is 12.5. The summed E-state index contributed by atoms with van der Waals surface area (Å²) in [6.07, 6.45) is 3.21. The van der Waals surface area contributed by atoms with Crippen LogP contribution in [-0.2, 0) is 19.1 Å². The second-order valence-corrected chi connectivity index (χ2v) is 7.43. The summed E-state index contributed by atoms with van der Waals surface area (Å²) < 4.78 is 5.60. The van der Waals surface area contributed by atoms with Gasteiger partial charge in [-0.25, -0.2) is 0 Å². The molecule has 3 fully saturated rings. The summed E-state index contributed by atoms with van der Waals surface area (Å²) in [6, 6.07) is 0. The van der Waals surface area contributed by atoms with E-state index in [-0.39, 0.29) is 29.9 Å². The van der Waals surface area contributed by atoms with Crippen molar-refractivity contribution in [2.24, 2.45) is 5.41 Å². The first kappa shape index (κ1) is 18.1. The highest BCUT2D eigenvalue weighted by atomic mass is 16.5. The summed E-state index contributed by atoms with van der Waals surface area (Å²) in [5.74, 6) is -0.926. The molecule has 0 saturated carbocycles. The van der Waals surface area contributed by atoms with Gasteiger partial charge in [-0.1, -0.05) is 0 Å². The molecule has 0 aromatic carbocycles. The van der Waals surface area contributed by atoms with Crippen molar-refractivity contribution in [3.8, 4) is 0 Å². The summed E-state index contributed by atoms with van der Waals surface area (Å²) in [4.78, 5) is 38.7. The Balaban J connectivity index is 1.51. The van der Waals surface area contributed by atoms with Crippen LogP contribution < -0.4 is 5.32 Å². The molecule has 2 amide bonds. The van der Waals surface area contributed by atoms with E-state index in [0.717, 1.165) is 32.4 Å². The van der Waals surface area contributed by atoms with E-state index in [0.29, 0.717) is 39.1 Å². The van der Waals surface area contributed by atoms with Crippen LogP contribution in [0.5, 0.6) is 0 Å². The Labute approximate surface area is 147 Å². The summed E-state index contributed by atoms with van der Waals surface area (Å²) in [7, 11) is 0. The van der Waals surface area contributed by atoms with Gasteiger partial charge in [0.2, 0.25) is 11.8 Å². The first-order valence-electron chi connectivity index (χ1n) is 9.07. The Bertz CT molecular complexity index is 524. The molecule has 8 nitrogen and oxygen atoms in total. The number of carboxylic acid groups (broad SMARTS) is 1. The maximum atomic E-state index is 12.5. The number of amides is 2. The number of likely N-dealkylation sites (tertiary alicyclic amines) is 2. The average Bonchev–Trinajstić information content (AvgIpc) is 2.59. The fourth-order valence-electron chi connectivity index (χ4n) is 4.12. The number of hydrogen-bond donors (Lipinski definition) is 2. The molecule has 1 spiro atoms. The molecule has 3 rings (SSSR count). The number of aliphatic carboxylic acids is 1. The lowest BCUT2D eigenvalue weighted by Crippen LogP contribution is -2.53. The van der Waals surface area contributed by atoms with Crippen molar-refractivity contribution < 1.29 is 24.2 Å². The number of morpholine rings is 1. The first-order chi connectivity index (χ1) is 12.0. The number of rotatable bonds is 4. The number of carboxylic acids is 1.